The molecule has 7 nitrogen and oxygen atoms in total. The van der Waals surface area contributed by atoms with Crippen LogP contribution in [-0.2, 0) is 13.5 Å². The number of likely N-dealkylation sites (N-methyl/N-ethyl adjacent to an activating group) is 1. The van der Waals surface area contributed by atoms with Crippen molar-refractivity contribution in [1.29, 1.82) is 0 Å². The highest BCUT2D eigenvalue weighted by atomic mass is 32.1. The Bertz CT molecular complexity index is 1220. The molecule has 0 bridgehead atoms. The van der Waals surface area contributed by atoms with Crippen LogP contribution in [0.2, 0.25) is 0 Å². The molecule has 2 aromatic heterocycles. The smallest absolute Gasteiger partial charge is 0.267 e. The number of hydrogen-bond donors (Lipinski definition) is 1. The number of aromatic nitrogens is 3. The molecule has 8 heteroatoms. The Morgan fingerprint density at radius 3 is 2.59 bits per heavy atom. The number of nitrogens with one attached hydrogen (secondary N) is 1. The van der Waals surface area contributed by atoms with E-state index in [-0.39, 0.29) is 17.9 Å². The summed E-state index contributed by atoms with van der Waals surface area (Å²) < 4.78 is 10.2. The lowest BCUT2D eigenvalue weighted by molar-refractivity contribution is 0.0723. The summed E-state index contributed by atoms with van der Waals surface area (Å²) in [7, 11) is 3.66. The molecular weight excluding hydrogens is 422 g/mol. The summed E-state index contributed by atoms with van der Waals surface area (Å²) in [6.07, 6.45) is 3.17. The van der Waals surface area contributed by atoms with Crippen LogP contribution in [0.1, 0.15) is 32.8 Å². The van der Waals surface area contributed by atoms with Crippen LogP contribution < -0.4 is 5.32 Å². The number of hydrogen-bond acceptors (Lipinski definition) is 5. The summed E-state index contributed by atoms with van der Waals surface area (Å²) in [5.41, 5.74) is 3.85. The van der Waals surface area contributed by atoms with Gasteiger partial charge in [0.1, 0.15) is 16.7 Å². The van der Waals surface area contributed by atoms with Crippen molar-refractivity contribution < 1.29 is 9.59 Å². The normalized spacial score (nSPS) is 11.9. The molecule has 0 saturated carbocycles. The lowest BCUT2D eigenvalue weighted by Crippen LogP contribution is -2.41. The van der Waals surface area contributed by atoms with Crippen LogP contribution in [0, 0.1) is 0 Å². The molecule has 4 aromatic rings. The van der Waals surface area contributed by atoms with E-state index < -0.39 is 0 Å². The zero-order valence-electron chi connectivity index (χ0n) is 18.1. The quantitative estimate of drug-likeness (QED) is 0.448. The van der Waals surface area contributed by atoms with Gasteiger partial charge >= 0.3 is 0 Å². The van der Waals surface area contributed by atoms with Gasteiger partial charge in [-0.25, -0.2) is 0 Å². The van der Waals surface area contributed by atoms with Crippen LogP contribution in [0.15, 0.2) is 66.9 Å². The number of benzene rings is 2. The molecule has 1 unspecified atom stereocenters. The number of aryl methyl sites for hydroxylation is 1. The highest BCUT2D eigenvalue weighted by Gasteiger charge is 2.22. The van der Waals surface area contributed by atoms with Gasteiger partial charge < -0.3 is 14.8 Å². The lowest BCUT2D eigenvalue weighted by atomic mass is 10.0. The number of amides is 2. The van der Waals surface area contributed by atoms with Gasteiger partial charge in [0.15, 0.2) is 0 Å². The molecule has 0 saturated heterocycles. The van der Waals surface area contributed by atoms with Crippen molar-refractivity contribution in [3.63, 3.8) is 0 Å². The van der Waals surface area contributed by atoms with Crippen LogP contribution in [0.25, 0.3) is 11.0 Å². The Hall–Kier alpha value is -3.52. The first-order valence-corrected chi connectivity index (χ1v) is 11.2. The Kier molecular flexibility index (Phi) is 6.61. The van der Waals surface area contributed by atoms with Gasteiger partial charge in [0.25, 0.3) is 11.8 Å². The minimum absolute atomic E-state index is 0.0745. The van der Waals surface area contributed by atoms with E-state index in [2.05, 4.69) is 26.2 Å². The fourth-order valence-corrected chi connectivity index (χ4v) is 4.26. The third kappa shape index (κ3) is 4.86. The SMILES string of the molecule is CN(C(=O)c1ccc2nsnc2c1)C(CCNC(=O)c1cccn1C)Cc1ccccc1. The van der Waals surface area contributed by atoms with Gasteiger partial charge in [0, 0.05) is 38.4 Å². The molecule has 0 radical (unpaired) electrons. The van der Waals surface area contributed by atoms with Crippen molar-refractivity contribution in [3.05, 3.63) is 83.7 Å². The van der Waals surface area contributed by atoms with Crippen molar-refractivity contribution in [2.75, 3.05) is 13.6 Å². The number of carbonyl (C=O) groups is 2. The summed E-state index contributed by atoms with van der Waals surface area (Å²) in [5, 5.41) is 2.98. The predicted molar refractivity (Wildman–Crippen MR) is 126 cm³/mol. The van der Waals surface area contributed by atoms with E-state index in [0.717, 1.165) is 28.3 Å². The molecule has 0 aliphatic carbocycles. The van der Waals surface area contributed by atoms with Crippen LogP contribution in [0.5, 0.6) is 0 Å². The van der Waals surface area contributed by atoms with Gasteiger partial charge in [-0.2, -0.15) is 8.75 Å². The zero-order chi connectivity index (χ0) is 22.5. The Labute approximate surface area is 191 Å². The first-order valence-electron chi connectivity index (χ1n) is 10.5. The summed E-state index contributed by atoms with van der Waals surface area (Å²) >= 11 is 1.14. The topological polar surface area (TPSA) is 80.1 Å². The van der Waals surface area contributed by atoms with Crippen LogP contribution >= 0.6 is 11.7 Å². The maximum atomic E-state index is 13.3. The minimum atomic E-state index is -0.119. The van der Waals surface area contributed by atoms with Crippen LogP contribution in [0.3, 0.4) is 0 Å². The Balaban J connectivity index is 1.48. The molecule has 0 aliphatic rings. The van der Waals surface area contributed by atoms with Crippen molar-refractivity contribution in [3.8, 4) is 0 Å². The third-order valence-corrected chi connectivity index (χ3v) is 6.18. The summed E-state index contributed by atoms with van der Waals surface area (Å²) in [6, 6.07) is 19.0. The molecule has 4 rings (SSSR count). The van der Waals surface area contributed by atoms with Gasteiger partial charge in [0.05, 0.1) is 11.7 Å². The number of rotatable bonds is 8. The fraction of sp³-hybridized carbons (Fsp3) is 0.250. The van der Waals surface area contributed by atoms with Gasteiger partial charge in [-0.15, -0.1) is 0 Å². The van der Waals surface area contributed by atoms with Gasteiger partial charge in [-0.3, -0.25) is 9.59 Å². The Morgan fingerprint density at radius 1 is 1.06 bits per heavy atom. The van der Waals surface area contributed by atoms with Crippen molar-refractivity contribution in [2.45, 2.75) is 18.9 Å². The van der Waals surface area contributed by atoms with E-state index in [1.165, 1.54) is 0 Å². The predicted octanol–water partition coefficient (Wildman–Crippen LogP) is 3.53. The molecule has 0 aliphatic heterocycles. The molecule has 2 heterocycles. The van der Waals surface area contributed by atoms with Crippen molar-refractivity contribution >= 4 is 34.6 Å². The zero-order valence-corrected chi connectivity index (χ0v) is 18.9. The molecule has 0 fully saturated rings. The van der Waals surface area contributed by atoms with E-state index in [1.807, 2.05) is 50.6 Å². The molecule has 164 valence electrons. The summed E-state index contributed by atoms with van der Waals surface area (Å²) in [5.74, 6) is -0.194. The van der Waals surface area contributed by atoms with E-state index in [9.17, 15) is 9.59 Å². The summed E-state index contributed by atoms with van der Waals surface area (Å²) in [6.45, 7) is 0.466. The standard InChI is InChI=1S/C24H25N5O2S/c1-28-14-6-9-22(28)23(30)25-13-12-19(15-17-7-4-3-5-8-17)29(2)24(31)18-10-11-20-21(16-18)27-32-26-20/h3-11,14,16,19H,12-13,15H2,1-2H3,(H,25,30). The number of fused-ring (bicyclic) bond motifs is 1. The van der Waals surface area contributed by atoms with E-state index in [1.54, 1.807) is 27.7 Å². The second-order valence-corrected chi connectivity index (χ2v) is 8.30. The second kappa shape index (κ2) is 9.74. The van der Waals surface area contributed by atoms with Crippen molar-refractivity contribution in [2.24, 2.45) is 7.05 Å². The van der Waals surface area contributed by atoms with Crippen LogP contribution in [-0.4, -0.2) is 49.7 Å². The molecular formula is C24H25N5O2S. The maximum Gasteiger partial charge on any atom is 0.267 e. The lowest BCUT2D eigenvalue weighted by Gasteiger charge is -2.29. The molecule has 0 spiro atoms. The minimum Gasteiger partial charge on any atom is -0.351 e. The molecule has 1 atom stereocenters. The molecule has 2 amide bonds. The van der Waals surface area contributed by atoms with Crippen LogP contribution in [0.4, 0.5) is 0 Å². The highest BCUT2D eigenvalue weighted by Crippen LogP contribution is 2.18. The summed E-state index contributed by atoms with van der Waals surface area (Å²) in [4.78, 5) is 27.5. The monoisotopic (exact) mass is 447 g/mol. The first-order chi connectivity index (χ1) is 15.5. The average molecular weight is 448 g/mol. The first kappa shape index (κ1) is 21.7. The van der Waals surface area contributed by atoms with E-state index in [4.69, 9.17) is 0 Å². The van der Waals surface area contributed by atoms with Crippen molar-refractivity contribution in [1.82, 2.24) is 23.5 Å². The Morgan fingerprint density at radius 2 is 1.84 bits per heavy atom. The fourth-order valence-electron chi connectivity index (χ4n) is 3.74. The average Bonchev–Trinajstić information content (AvgIpc) is 3.46. The van der Waals surface area contributed by atoms with E-state index >= 15 is 0 Å². The molecule has 32 heavy (non-hydrogen) atoms. The van der Waals surface area contributed by atoms with Gasteiger partial charge in [0.2, 0.25) is 0 Å². The third-order valence-electron chi connectivity index (χ3n) is 5.62. The van der Waals surface area contributed by atoms with Gasteiger partial charge in [-0.1, -0.05) is 30.3 Å². The van der Waals surface area contributed by atoms with E-state index in [0.29, 0.717) is 30.6 Å². The highest BCUT2D eigenvalue weighted by molar-refractivity contribution is 7.00. The molecule has 1 N–H and O–H groups in total. The second-order valence-electron chi connectivity index (χ2n) is 7.78. The molecule has 2 aromatic carbocycles. The number of carbonyl (C=O) groups excluding carboxylic acids is 2. The van der Waals surface area contributed by atoms with Gasteiger partial charge in [-0.05, 0) is 48.7 Å². The largest absolute Gasteiger partial charge is 0.351 e. The number of nitrogens with zero attached hydrogens (tertiary/aromatic N) is 4. The maximum absolute atomic E-state index is 13.3.